The minimum atomic E-state index is -0.321. The third-order valence-electron chi connectivity index (χ3n) is 4.65. The summed E-state index contributed by atoms with van der Waals surface area (Å²) in [6.45, 7) is 4.33. The molecule has 1 N–H and O–H groups in total. The van der Waals surface area contributed by atoms with Crippen molar-refractivity contribution in [2.45, 2.75) is 13.5 Å². The van der Waals surface area contributed by atoms with Crippen molar-refractivity contribution in [2.24, 2.45) is 0 Å². The van der Waals surface area contributed by atoms with Crippen molar-refractivity contribution in [1.29, 1.82) is 0 Å². The lowest BCUT2D eigenvalue weighted by molar-refractivity contribution is -0.119. The number of nitrogens with zero attached hydrogens (tertiary/aromatic N) is 3. The van der Waals surface area contributed by atoms with Crippen LogP contribution in [0.1, 0.15) is 32.1 Å². The summed E-state index contributed by atoms with van der Waals surface area (Å²) < 4.78 is 0. The Kier molecular flexibility index (Phi) is 5.80. The van der Waals surface area contributed by atoms with E-state index in [1.54, 1.807) is 28.0 Å². The molecule has 0 spiro atoms. The molecule has 0 unspecified atom stereocenters. The first-order chi connectivity index (χ1) is 13.1. The fourth-order valence-corrected chi connectivity index (χ4v) is 2.95. The van der Waals surface area contributed by atoms with Crippen LogP contribution in [0.3, 0.4) is 0 Å². The Morgan fingerprint density at radius 3 is 2.44 bits per heavy atom. The molecule has 7 nitrogen and oxygen atoms in total. The van der Waals surface area contributed by atoms with E-state index in [4.69, 9.17) is 0 Å². The van der Waals surface area contributed by atoms with E-state index in [0.29, 0.717) is 32.7 Å². The second-order valence-corrected chi connectivity index (χ2v) is 6.45. The van der Waals surface area contributed by atoms with Crippen LogP contribution in [0.4, 0.5) is 0 Å². The number of hydrogen-bond acceptors (Lipinski definition) is 4. The normalized spacial score (nSPS) is 14.0. The molecule has 1 aliphatic rings. The van der Waals surface area contributed by atoms with Gasteiger partial charge in [-0.25, -0.2) is 4.98 Å². The fourth-order valence-electron chi connectivity index (χ4n) is 2.95. The Morgan fingerprint density at radius 1 is 1.04 bits per heavy atom. The molecule has 0 aliphatic carbocycles. The van der Waals surface area contributed by atoms with E-state index >= 15 is 0 Å². The number of aryl methyl sites for hydroxylation is 1. The third-order valence-corrected chi connectivity index (χ3v) is 4.65. The molecule has 7 heteroatoms. The fraction of sp³-hybridized carbons (Fsp3) is 0.300. The quantitative estimate of drug-likeness (QED) is 0.807. The Hall–Kier alpha value is -3.22. The monoisotopic (exact) mass is 366 g/mol. The summed E-state index contributed by atoms with van der Waals surface area (Å²) in [4.78, 5) is 43.3. The van der Waals surface area contributed by atoms with Crippen LogP contribution in [0.25, 0.3) is 0 Å². The molecule has 27 heavy (non-hydrogen) atoms. The molecule has 0 bridgehead atoms. The highest BCUT2D eigenvalue weighted by molar-refractivity contribution is 5.96. The highest BCUT2D eigenvalue weighted by atomic mass is 16.2. The lowest BCUT2D eigenvalue weighted by atomic mass is 10.1. The molecule has 2 aromatic rings. The van der Waals surface area contributed by atoms with Gasteiger partial charge in [-0.2, -0.15) is 0 Å². The van der Waals surface area contributed by atoms with E-state index in [2.05, 4.69) is 10.3 Å². The van der Waals surface area contributed by atoms with Crippen LogP contribution in [0.5, 0.6) is 0 Å². The van der Waals surface area contributed by atoms with E-state index in [9.17, 15) is 14.4 Å². The van der Waals surface area contributed by atoms with Crippen LogP contribution in [0, 0.1) is 6.92 Å². The summed E-state index contributed by atoms with van der Waals surface area (Å²) in [6, 6.07) is 12.7. The zero-order valence-electron chi connectivity index (χ0n) is 15.2. The first kappa shape index (κ1) is 18.6. The number of nitrogens with one attached hydrogen (secondary N) is 1. The maximum atomic E-state index is 12.6. The van der Waals surface area contributed by atoms with Crippen LogP contribution in [0.2, 0.25) is 0 Å². The van der Waals surface area contributed by atoms with Crippen molar-refractivity contribution in [1.82, 2.24) is 20.1 Å². The van der Waals surface area contributed by atoms with Crippen molar-refractivity contribution in [3.63, 3.8) is 0 Å². The summed E-state index contributed by atoms with van der Waals surface area (Å²) in [5, 5.41) is 2.84. The number of hydrogen-bond donors (Lipinski definition) is 1. The SMILES string of the molecule is Cc1ccccc1CNC(=O)c1cccc(C(=O)N2CCN(C=O)CC2)n1. The molecule has 2 heterocycles. The van der Waals surface area contributed by atoms with Crippen LogP contribution in [0.15, 0.2) is 42.5 Å². The third kappa shape index (κ3) is 4.49. The van der Waals surface area contributed by atoms with Gasteiger partial charge in [0.25, 0.3) is 11.8 Å². The van der Waals surface area contributed by atoms with E-state index < -0.39 is 0 Å². The Bertz CT molecular complexity index is 845. The van der Waals surface area contributed by atoms with E-state index in [-0.39, 0.29) is 23.2 Å². The minimum absolute atomic E-state index is 0.209. The summed E-state index contributed by atoms with van der Waals surface area (Å²) in [5.41, 5.74) is 2.58. The van der Waals surface area contributed by atoms with Crippen LogP contribution >= 0.6 is 0 Å². The van der Waals surface area contributed by atoms with E-state index in [0.717, 1.165) is 17.5 Å². The number of benzene rings is 1. The highest BCUT2D eigenvalue weighted by Gasteiger charge is 2.23. The molecule has 0 saturated carbocycles. The average Bonchev–Trinajstić information content (AvgIpc) is 2.72. The first-order valence-electron chi connectivity index (χ1n) is 8.87. The molecule has 0 radical (unpaired) electrons. The van der Waals surface area contributed by atoms with Gasteiger partial charge >= 0.3 is 0 Å². The topological polar surface area (TPSA) is 82.6 Å². The zero-order valence-corrected chi connectivity index (χ0v) is 15.2. The molecule has 1 aromatic heterocycles. The molecule has 3 rings (SSSR count). The van der Waals surface area contributed by atoms with Gasteiger partial charge in [0.1, 0.15) is 11.4 Å². The first-order valence-corrected chi connectivity index (χ1v) is 8.87. The smallest absolute Gasteiger partial charge is 0.272 e. The lowest BCUT2D eigenvalue weighted by Gasteiger charge is -2.32. The molecular formula is C20H22N4O3. The second kappa shape index (κ2) is 8.44. The summed E-state index contributed by atoms with van der Waals surface area (Å²) >= 11 is 0. The van der Waals surface area contributed by atoms with Gasteiger partial charge in [-0.05, 0) is 30.2 Å². The standard InChI is InChI=1S/C20H22N4O3/c1-15-5-2-3-6-16(15)13-21-19(26)17-7-4-8-18(22-17)20(27)24-11-9-23(14-25)10-12-24/h2-8,14H,9-13H2,1H3,(H,21,26). The number of carbonyl (C=O) groups is 3. The number of amides is 3. The lowest BCUT2D eigenvalue weighted by Crippen LogP contribution is -2.48. The number of rotatable bonds is 5. The maximum Gasteiger partial charge on any atom is 0.272 e. The Morgan fingerprint density at radius 2 is 1.74 bits per heavy atom. The van der Waals surface area contributed by atoms with Gasteiger partial charge in [0.05, 0.1) is 0 Å². The van der Waals surface area contributed by atoms with Crippen molar-refractivity contribution >= 4 is 18.2 Å². The van der Waals surface area contributed by atoms with Crippen LogP contribution < -0.4 is 5.32 Å². The van der Waals surface area contributed by atoms with Gasteiger partial charge in [-0.15, -0.1) is 0 Å². The molecule has 3 amide bonds. The zero-order chi connectivity index (χ0) is 19.2. The molecule has 0 atom stereocenters. The molecule has 1 fully saturated rings. The van der Waals surface area contributed by atoms with Gasteiger partial charge in [-0.3, -0.25) is 14.4 Å². The molecule has 140 valence electrons. The van der Waals surface area contributed by atoms with Crippen molar-refractivity contribution in [2.75, 3.05) is 26.2 Å². The van der Waals surface area contributed by atoms with Crippen LogP contribution in [-0.2, 0) is 11.3 Å². The largest absolute Gasteiger partial charge is 0.347 e. The molecule has 1 aliphatic heterocycles. The summed E-state index contributed by atoms with van der Waals surface area (Å²) in [6.07, 6.45) is 0.791. The van der Waals surface area contributed by atoms with E-state index in [1.807, 2.05) is 31.2 Å². The number of piperazine rings is 1. The number of aromatic nitrogens is 1. The van der Waals surface area contributed by atoms with Gasteiger partial charge in [-0.1, -0.05) is 30.3 Å². The highest BCUT2D eigenvalue weighted by Crippen LogP contribution is 2.09. The van der Waals surface area contributed by atoms with E-state index in [1.165, 1.54) is 0 Å². The molecule has 1 saturated heterocycles. The van der Waals surface area contributed by atoms with Gasteiger partial charge < -0.3 is 15.1 Å². The maximum absolute atomic E-state index is 12.6. The van der Waals surface area contributed by atoms with Gasteiger partial charge in [0.2, 0.25) is 6.41 Å². The Balaban J connectivity index is 1.64. The molecular weight excluding hydrogens is 344 g/mol. The molecule has 1 aromatic carbocycles. The van der Waals surface area contributed by atoms with Crippen molar-refractivity contribution < 1.29 is 14.4 Å². The van der Waals surface area contributed by atoms with Crippen molar-refractivity contribution in [3.8, 4) is 0 Å². The number of pyridine rings is 1. The predicted octanol–water partition coefficient (Wildman–Crippen LogP) is 1.23. The predicted molar refractivity (Wildman–Crippen MR) is 100 cm³/mol. The second-order valence-electron chi connectivity index (χ2n) is 6.45. The minimum Gasteiger partial charge on any atom is -0.347 e. The number of carbonyl (C=O) groups excluding carboxylic acids is 3. The van der Waals surface area contributed by atoms with Crippen molar-refractivity contribution in [3.05, 3.63) is 65.0 Å². The van der Waals surface area contributed by atoms with Gasteiger partial charge in [0.15, 0.2) is 0 Å². The Labute approximate surface area is 158 Å². The van der Waals surface area contributed by atoms with Gasteiger partial charge in [0, 0.05) is 32.7 Å². The van der Waals surface area contributed by atoms with Crippen LogP contribution in [-0.4, -0.2) is 59.2 Å². The average molecular weight is 366 g/mol. The summed E-state index contributed by atoms with van der Waals surface area (Å²) in [7, 11) is 0. The summed E-state index contributed by atoms with van der Waals surface area (Å²) in [5.74, 6) is -0.548.